The number of amides is 1. The van der Waals surface area contributed by atoms with Crippen LogP contribution in [0.25, 0.3) is 11.4 Å². The van der Waals surface area contributed by atoms with Crippen LogP contribution in [-0.4, -0.2) is 54.8 Å². The molecule has 1 aliphatic rings. The Morgan fingerprint density at radius 3 is 2.87 bits per heavy atom. The van der Waals surface area contributed by atoms with Gasteiger partial charge in [-0.15, -0.1) is 0 Å². The van der Waals surface area contributed by atoms with E-state index in [-0.39, 0.29) is 5.91 Å². The number of ether oxygens (including phenoxy) is 2. The number of nitrogens with one attached hydrogen (secondary N) is 1. The summed E-state index contributed by atoms with van der Waals surface area (Å²) in [5, 5.41) is 6.77. The van der Waals surface area contributed by atoms with E-state index in [0.717, 1.165) is 12.1 Å². The van der Waals surface area contributed by atoms with E-state index in [0.29, 0.717) is 42.8 Å². The van der Waals surface area contributed by atoms with Crippen LogP contribution >= 0.6 is 0 Å². The molecule has 0 aliphatic carbocycles. The molecule has 3 rings (SSSR count). The number of hydrogen-bond acceptors (Lipinski definition) is 7. The molecule has 8 nitrogen and oxygen atoms in total. The second kappa shape index (κ2) is 6.66. The Morgan fingerprint density at radius 2 is 2.13 bits per heavy atom. The van der Waals surface area contributed by atoms with Crippen molar-refractivity contribution in [3.63, 3.8) is 0 Å². The first-order chi connectivity index (χ1) is 11.2. The van der Waals surface area contributed by atoms with Gasteiger partial charge in [-0.05, 0) is 18.2 Å². The van der Waals surface area contributed by atoms with Gasteiger partial charge in [0, 0.05) is 18.7 Å². The molecule has 8 heteroatoms. The molecule has 0 bridgehead atoms. The number of piperazine rings is 1. The molecule has 2 aromatic rings. The van der Waals surface area contributed by atoms with Gasteiger partial charge in [0.25, 0.3) is 0 Å². The van der Waals surface area contributed by atoms with Crippen LogP contribution in [-0.2, 0) is 11.3 Å². The molecule has 23 heavy (non-hydrogen) atoms. The minimum Gasteiger partial charge on any atom is -0.493 e. The molecule has 0 saturated carbocycles. The highest BCUT2D eigenvalue weighted by molar-refractivity contribution is 5.78. The van der Waals surface area contributed by atoms with Crippen LogP contribution in [0.15, 0.2) is 22.7 Å². The van der Waals surface area contributed by atoms with Crippen molar-refractivity contribution in [1.29, 1.82) is 0 Å². The quantitative estimate of drug-likeness (QED) is 0.867. The van der Waals surface area contributed by atoms with Crippen LogP contribution in [0.3, 0.4) is 0 Å². The maximum Gasteiger partial charge on any atom is 0.241 e. The molecule has 0 radical (unpaired) electrons. The van der Waals surface area contributed by atoms with Gasteiger partial charge in [-0.2, -0.15) is 4.98 Å². The fraction of sp³-hybridized carbons (Fsp3) is 0.400. The topological polar surface area (TPSA) is 89.7 Å². The minimum atomic E-state index is 0.0101. The second-order valence-corrected chi connectivity index (χ2v) is 5.14. The van der Waals surface area contributed by atoms with E-state index in [1.165, 1.54) is 0 Å². The second-order valence-electron chi connectivity index (χ2n) is 5.14. The first-order valence-corrected chi connectivity index (χ1v) is 7.23. The Bertz CT molecular complexity index is 701. The third-order valence-electron chi connectivity index (χ3n) is 3.59. The Hall–Kier alpha value is -2.61. The van der Waals surface area contributed by atoms with Gasteiger partial charge in [-0.25, -0.2) is 0 Å². The van der Waals surface area contributed by atoms with Crippen LogP contribution in [0.5, 0.6) is 11.5 Å². The third-order valence-corrected chi connectivity index (χ3v) is 3.59. The number of methoxy groups -OCH3 is 2. The van der Waals surface area contributed by atoms with Gasteiger partial charge in [0.15, 0.2) is 11.5 Å². The molecule has 1 saturated heterocycles. The summed E-state index contributed by atoms with van der Waals surface area (Å²) in [6.07, 6.45) is 0. The molecule has 1 aromatic carbocycles. The van der Waals surface area contributed by atoms with E-state index in [1.807, 2.05) is 11.0 Å². The summed E-state index contributed by atoms with van der Waals surface area (Å²) in [4.78, 5) is 17.7. The van der Waals surface area contributed by atoms with Gasteiger partial charge in [-0.1, -0.05) is 5.16 Å². The van der Waals surface area contributed by atoms with E-state index in [1.54, 1.807) is 26.4 Å². The Balaban J connectivity index is 1.75. The lowest BCUT2D eigenvalue weighted by molar-refractivity contribution is -0.124. The number of carbonyl (C=O) groups is 1. The summed E-state index contributed by atoms with van der Waals surface area (Å²) < 4.78 is 15.8. The molecule has 2 heterocycles. The summed E-state index contributed by atoms with van der Waals surface area (Å²) >= 11 is 0. The normalized spacial score (nSPS) is 15.3. The fourth-order valence-corrected chi connectivity index (χ4v) is 2.43. The molecule has 1 aliphatic heterocycles. The van der Waals surface area contributed by atoms with Crippen LogP contribution in [0.2, 0.25) is 0 Å². The van der Waals surface area contributed by atoms with Crippen molar-refractivity contribution in [3.05, 3.63) is 24.1 Å². The Kier molecular flexibility index (Phi) is 4.42. The van der Waals surface area contributed by atoms with Crippen LogP contribution in [0.1, 0.15) is 5.89 Å². The predicted molar refractivity (Wildman–Crippen MR) is 81.1 cm³/mol. The van der Waals surface area contributed by atoms with E-state index < -0.39 is 0 Å². The summed E-state index contributed by atoms with van der Waals surface area (Å²) in [7, 11) is 3.16. The predicted octanol–water partition coefficient (Wildman–Crippen LogP) is 0.686. The highest BCUT2D eigenvalue weighted by atomic mass is 16.5. The van der Waals surface area contributed by atoms with Crippen molar-refractivity contribution in [2.24, 2.45) is 0 Å². The Labute approximate surface area is 133 Å². The molecular formula is C15H18N4O4. The first-order valence-electron chi connectivity index (χ1n) is 7.23. The molecular weight excluding hydrogens is 300 g/mol. The average molecular weight is 318 g/mol. The molecule has 122 valence electrons. The number of carbonyl (C=O) groups excluding carboxylic acids is 1. The lowest BCUT2D eigenvalue weighted by Crippen LogP contribution is -2.47. The van der Waals surface area contributed by atoms with E-state index >= 15 is 0 Å². The molecule has 0 atom stereocenters. The molecule has 1 aromatic heterocycles. The maximum atomic E-state index is 11.4. The van der Waals surface area contributed by atoms with Crippen molar-refractivity contribution in [3.8, 4) is 22.9 Å². The van der Waals surface area contributed by atoms with Gasteiger partial charge in [-0.3, -0.25) is 9.69 Å². The van der Waals surface area contributed by atoms with Crippen molar-refractivity contribution in [1.82, 2.24) is 20.4 Å². The zero-order valence-corrected chi connectivity index (χ0v) is 13.0. The van der Waals surface area contributed by atoms with E-state index in [2.05, 4.69) is 15.5 Å². The van der Waals surface area contributed by atoms with Gasteiger partial charge in [0.2, 0.25) is 17.6 Å². The number of hydrogen-bond donors (Lipinski definition) is 1. The van der Waals surface area contributed by atoms with Crippen molar-refractivity contribution < 1.29 is 18.8 Å². The summed E-state index contributed by atoms with van der Waals surface area (Å²) in [6, 6.07) is 5.42. The zero-order chi connectivity index (χ0) is 16.2. The number of nitrogens with zero attached hydrogens (tertiary/aromatic N) is 3. The van der Waals surface area contributed by atoms with Gasteiger partial charge < -0.3 is 19.3 Å². The average Bonchev–Trinajstić information content (AvgIpc) is 3.02. The van der Waals surface area contributed by atoms with Crippen molar-refractivity contribution in [2.75, 3.05) is 33.9 Å². The fourth-order valence-electron chi connectivity index (χ4n) is 2.43. The van der Waals surface area contributed by atoms with E-state index in [4.69, 9.17) is 14.0 Å². The molecule has 1 N–H and O–H groups in total. The lowest BCUT2D eigenvalue weighted by atomic mass is 10.2. The summed E-state index contributed by atoms with van der Waals surface area (Å²) in [6.45, 7) is 2.19. The van der Waals surface area contributed by atoms with E-state index in [9.17, 15) is 4.79 Å². The maximum absolute atomic E-state index is 11.4. The number of rotatable bonds is 5. The monoisotopic (exact) mass is 318 g/mol. The molecule has 0 spiro atoms. The number of benzene rings is 1. The first kappa shape index (κ1) is 15.3. The highest BCUT2D eigenvalue weighted by Crippen LogP contribution is 2.31. The lowest BCUT2D eigenvalue weighted by Gasteiger charge is -2.24. The largest absolute Gasteiger partial charge is 0.493 e. The minimum absolute atomic E-state index is 0.0101. The SMILES string of the molecule is COc1ccc(-c2noc(CN3CCNC(=O)C3)n2)cc1OC. The van der Waals surface area contributed by atoms with Crippen LogP contribution in [0.4, 0.5) is 0 Å². The zero-order valence-electron chi connectivity index (χ0n) is 13.0. The number of aromatic nitrogens is 2. The molecule has 0 unspecified atom stereocenters. The van der Waals surface area contributed by atoms with Gasteiger partial charge in [0.1, 0.15) is 0 Å². The smallest absolute Gasteiger partial charge is 0.241 e. The van der Waals surface area contributed by atoms with Gasteiger partial charge >= 0.3 is 0 Å². The summed E-state index contributed by atoms with van der Waals surface area (Å²) in [5.41, 5.74) is 0.772. The Morgan fingerprint density at radius 1 is 1.30 bits per heavy atom. The van der Waals surface area contributed by atoms with Crippen LogP contribution < -0.4 is 14.8 Å². The van der Waals surface area contributed by atoms with Gasteiger partial charge in [0.05, 0.1) is 27.3 Å². The standard InChI is InChI=1S/C15H18N4O4/c1-21-11-4-3-10(7-12(11)22-2)15-17-14(23-18-15)9-19-6-5-16-13(20)8-19/h3-4,7H,5-6,8-9H2,1-2H3,(H,16,20). The highest BCUT2D eigenvalue weighted by Gasteiger charge is 2.19. The molecule has 1 fully saturated rings. The van der Waals surface area contributed by atoms with Crippen molar-refractivity contribution in [2.45, 2.75) is 6.54 Å². The third kappa shape index (κ3) is 3.42. The summed E-state index contributed by atoms with van der Waals surface area (Å²) in [5.74, 6) is 2.20. The molecule has 1 amide bonds. The van der Waals surface area contributed by atoms with Crippen LogP contribution in [0, 0.1) is 0 Å². The van der Waals surface area contributed by atoms with Crippen molar-refractivity contribution >= 4 is 5.91 Å².